The number of hydrogen-bond donors (Lipinski definition) is 1. The molecule has 0 bridgehead atoms. The van der Waals surface area contributed by atoms with Crippen LogP contribution in [0.5, 0.6) is 5.75 Å². The molecule has 8 nitrogen and oxygen atoms in total. The Morgan fingerprint density at radius 1 is 1.00 bits per heavy atom. The van der Waals surface area contributed by atoms with Gasteiger partial charge in [-0.2, -0.15) is 10.2 Å². The summed E-state index contributed by atoms with van der Waals surface area (Å²) in [6.07, 6.45) is 1.74. The van der Waals surface area contributed by atoms with Gasteiger partial charge in [-0.3, -0.25) is 9.48 Å². The molecule has 2 aromatic carbocycles. The number of hydrogen-bond acceptors (Lipinski definition) is 5. The summed E-state index contributed by atoms with van der Waals surface area (Å²) >= 11 is 3.46. The third-order valence-corrected chi connectivity index (χ3v) is 6.53. The van der Waals surface area contributed by atoms with Crippen LogP contribution >= 0.6 is 15.9 Å². The highest BCUT2D eigenvalue weighted by Gasteiger charge is 2.17. The van der Waals surface area contributed by atoms with Gasteiger partial charge in [0.15, 0.2) is 11.5 Å². The minimum absolute atomic E-state index is 0.0298. The lowest BCUT2D eigenvalue weighted by Crippen LogP contribution is -2.20. The number of aryl methyl sites for hydroxylation is 2. The van der Waals surface area contributed by atoms with Crippen molar-refractivity contribution < 1.29 is 9.53 Å². The number of rotatable bonds is 7. The number of benzene rings is 2. The molecule has 0 saturated carbocycles. The van der Waals surface area contributed by atoms with Crippen molar-refractivity contribution >= 4 is 38.7 Å². The number of carbonyl (C=O) groups is 1. The van der Waals surface area contributed by atoms with Gasteiger partial charge in [-0.25, -0.2) is 9.67 Å². The summed E-state index contributed by atoms with van der Waals surface area (Å²) in [6.45, 7) is 4.55. The number of nitrogens with one attached hydrogen (secondary N) is 1. The molecule has 3 heterocycles. The van der Waals surface area contributed by atoms with Crippen molar-refractivity contribution in [3.05, 3.63) is 88.3 Å². The number of ether oxygens (including phenoxy) is 1. The summed E-state index contributed by atoms with van der Waals surface area (Å²) in [5.74, 6) is 1.08. The van der Waals surface area contributed by atoms with Gasteiger partial charge in [0.05, 0.1) is 19.3 Å². The average Bonchev–Trinajstić information content (AvgIpc) is 3.38. The molecule has 0 atom stereocenters. The normalized spacial score (nSPS) is 11.1. The summed E-state index contributed by atoms with van der Waals surface area (Å²) in [7, 11) is 1.65. The number of carbonyl (C=O) groups excluding carboxylic acids is 1. The van der Waals surface area contributed by atoms with Crippen LogP contribution in [0, 0.1) is 13.8 Å². The molecule has 5 aromatic rings. The quantitative estimate of drug-likeness (QED) is 0.297. The van der Waals surface area contributed by atoms with Crippen LogP contribution in [0.15, 0.2) is 71.3 Å². The van der Waals surface area contributed by atoms with Crippen molar-refractivity contribution in [2.24, 2.45) is 0 Å². The predicted molar refractivity (Wildman–Crippen MR) is 143 cm³/mol. The highest BCUT2D eigenvalue weighted by Crippen LogP contribution is 2.31. The summed E-state index contributed by atoms with van der Waals surface area (Å²) < 4.78 is 9.81. The van der Waals surface area contributed by atoms with Gasteiger partial charge in [-0.15, -0.1) is 0 Å². The van der Waals surface area contributed by atoms with E-state index in [9.17, 15) is 4.79 Å². The molecule has 0 aliphatic heterocycles. The van der Waals surface area contributed by atoms with Crippen LogP contribution in [-0.2, 0) is 17.9 Å². The Kier molecular flexibility index (Phi) is 6.56. The molecule has 0 aliphatic rings. The zero-order valence-electron chi connectivity index (χ0n) is 20.2. The monoisotopic (exact) mass is 544 g/mol. The van der Waals surface area contributed by atoms with Crippen LogP contribution in [0.1, 0.15) is 17.0 Å². The first kappa shape index (κ1) is 23.7. The summed E-state index contributed by atoms with van der Waals surface area (Å²) in [5, 5.41) is 13.0. The Labute approximate surface area is 217 Å². The first-order chi connectivity index (χ1) is 17.4. The molecule has 0 fully saturated rings. The fourth-order valence-electron chi connectivity index (χ4n) is 4.22. The standard InChI is InChI=1S/C27H25BrN6O2/c1-17-14-24(32-33(17)15-19-4-8-21(28)9-5-19)30-25(35)16-34-27-26(18(2)31-34)23(12-13-29-27)20-6-10-22(36-3)11-7-20/h4-14H,15-16H2,1-3H3,(H,30,32,35). The second-order valence-electron chi connectivity index (χ2n) is 8.53. The molecule has 0 saturated heterocycles. The van der Waals surface area contributed by atoms with E-state index >= 15 is 0 Å². The molecular formula is C27H25BrN6O2. The van der Waals surface area contributed by atoms with Gasteiger partial charge in [0.25, 0.3) is 0 Å². The molecule has 0 radical (unpaired) electrons. The third-order valence-electron chi connectivity index (χ3n) is 6.00. The number of fused-ring (bicyclic) bond motifs is 1. The van der Waals surface area contributed by atoms with E-state index in [2.05, 4.69) is 36.4 Å². The number of methoxy groups -OCH3 is 1. The van der Waals surface area contributed by atoms with E-state index in [4.69, 9.17) is 4.74 Å². The smallest absolute Gasteiger partial charge is 0.247 e. The van der Waals surface area contributed by atoms with E-state index in [-0.39, 0.29) is 12.5 Å². The third kappa shape index (κ3) is 4.87. The van der Waals surface area contributed by atoms with E-state index < -0.39 is 0 Å². The van der Waals surface area contributed by atoms with Crippen molar-refractivity contribution in [2.75, 3.05) is 12.4 Å². The summed E-state index contributed by atoms with van der Waals surface area (Å²) in [5.41, 5.74) is 5.59. The highest BCUT2D eigenvalue weighted by molar-refractivity contribution is 9.10. The lowest BCUT2D eigenvalue weighted by atomic mass is 10.0. The van der Waals surface area contributed by atoms with Crippen molar-refractivity contribution in [2.45, 2.75) is 26.9 Å². The Hall–Kier alpha value is -3.98. The van der Waals surface area contributed by atoms with E-state index in [0.717, 1.165) is 43.7 Å². The van der Waals surface area contributed by atoms with Gasteiger partial charge in [-0.05, 0) is 60.9 Å². The molecule has 0 spiro atoms. The number of nitrogens with zero attached hydrogens (tertiary/aromatic N) is 5. The van der Waals surface area contributed by atoms with Gasteiger partial charge < -0.3 is 10.1 Å². The fraction of sp³-hybridized carbons (Fsp3) is 0.185. The number of pyridine rings is 1. The maximum Gasteiger partial charge on any atom is 0.247 e. The topological polar surface area (TPSA) is 86.9 Å². The Morgan fingerprint density at radius 3 is 2.47 bits per heavy atom. The summed E-state index contributed by atoms with van der Waals surface area (Å²) in [4.78, 5) is 17.4. The van der Waals surface area contributed by atoms with Crippen molar-refractivity contribution in [1.29, 1.82) is 0 Å². The number of halogens is 1. The Morgan fingerprint density at radius 2 is 1.75 bits per heavy atom. The van der Waals surface area contributed by atoms with Crippen LogP contribution in [0.2, 0.25) is 0 Å². The lowest BCUT2D eigenvalue weighted by Gasteiger charge is -2.07. The largest absolute Gasteiger partial charge is 0.497 e. The molecule has 0 unspecified atom stereocenters. The van der Waals surface area contributed by atoms with E-state index in [0.29, 0.717) is 18.0 Å². The first-order valence-electron chi connectivity index (χ1n) is 11.5. The highest BCUT2D eigenvalue weighted by atomic mass is 79.9. The molecule has 1 N–H and O–H groups in total. The minimum atomic E-state index is -0.218. The number of amides is 1. The molecule has 3 aromatic heterocycles. The zero-order valence-corrected chi connectivity index (χ0v) is 21.8. The summed E-state index contributed by atoms with van der Waals surface area (Å²) in [6, 6.07) is 19.8. The minimum Gasteiger partial charge on any atom is -0.497 e. The van der Waals surface area contributed by atoms with E-state index in [1.807, 2.05) is 79.2 Å². The van der Waals surface area contributed by atoms with E-state index in [1.54, 1.807) is 18.0 Å². The van der Waals surface area contributed by atoms with Crippen LogP contribution in [-0.4, -0.2) is 37.6 Å². The zero-order chi connectivity index (χ0) is 25.2. The van der Waals surface area contributed by atoms with Gasteiger partial charge in [0, 0.05) is 27.8 Å². The first-order valence-corrected chi connectivity index (χ1v) is 12.3. The van der Waals surface area contributed by atoms with Gasteiger partial charge in [0.1, 0.15) is 12.3 Å². The lowest BCUT2D eigenvalue weighted by molar-refractivity contribution is -0.116. The van der Waals surface area contributed by atoms with Crippen molar-refractivity contribution in [1.82, 2.24) is 24.5 Å². The number of anilines is 1. The van der Waals surface area contributed by atoms with Gasteiger partial charge in [-0.1, -0.05) is 40.2 Å². The predicted octanol–water partition coefficient (Wildman–Crippen LogP) is 5.37. The van der Waals surface area contributed by atoms with Crippen molar-refractivity contribution in [3.8, 4) is 16.9 Å². The van der Waals surface area contributed by atoms with Crippen LogP contribution < -0.4 is 10.1 Å². The van der Waals surface area contributed by atoms with Crippen LogP contribution in [0.3, 0.4) is 0 Å². The maximum absolute atomic E-state index is 12.9. The van der Waals surface area contributed by atoms with Crippen LogP contribution in [0.4, 0.5) is 5.82 Å². The SMILES string of the molecule is COc1ccc(-c2ccnc3c2c(C)nn3CC(=O)Nc2cc(C)n(Cc3ccc(Br)cc3)n2)cc1. The number of aromatic nitrogens is 5. The second-order valence-corrected chi connectivity index (χ2v) is 9.45. The van der Waals surface area contributed by atoms with Gasteiger partial charge in [0.2, 0.25) is 5.91 Å². The molecule has 36 heavy (non-hydrogen) atoms. The van der Waals surface area contributed by atoms with E-state index in [1.165, 1.54) is 0 Å². The molecule has 1 amide bonds. The molecular weight excluding hydrogens is 520 g/mol. The van der Waals surface area contributed by atoms with Gasteiger partial charge >= 0.3 is 0 Å². The second kappa shape index (κ2) is 9.94. The fourth-order valence-corrected chi connectivity index (χ4v) is 4.48. The van der Waals surface area contributed by atoms with Crippen molar-refractivity contribution in [3.63, 3.8) is 0 Å². The Bertz CT molecular complexity index is 1540. The molecule has 9 heteroatoms. The average molecular weight is 545 g/mol. The molecule has 182 valence electrons. The Balaban J connectivity index is 1.34. The maximum atomic E-state index is 12.9. The molecule has 0 aliphatic carbocycles. The molecule has 5 rings (SSSR count). The van der Waals surface area contributed by atoms with Crippen LogP contribution in [0.25, 0.3) is 22.2 Å².